The number of alkyl halides is 1. The molecule has 0 aliphatic heterocycles. The first-order chi connectivity index (χ1) is 8.04. The third kappa shape index (κ3) is 1.88. The van der Waals surface area contributed by atoms with Crippen molar-refractivity contribution in [2.45, 2.75) is 25.9 Å². The Morgan fingerprint density at radius 2 is 2.06 bits per heavy atom. The Labute approximate surface area is 97.8 Å². The molecule has 0 aliphatic carbocycles. The first-order valence-corrected chi connectivity index (χ1v) is 5.44. The van der Waals surface area contributed by atoms with Crippen molar-refractivity contribution >= 4 is 22.8 Å². The number of fused-ring (bicyclic) bond motifs is 1. The summed E-state index contributed by atoms with van der Waals surface area (Å²) in [5.74, 6) is 0.241. The minimum Gasteiger partial charge on any atom is -0.383 e. The van der Waals surface area contributed by atoms with Crippen molar-refractivity contribution in [3.8, 4) is 0 Å². The second-order valence-corrected chi connectivity index (χ2v) is 3.93. The molecular weight excluding hydrogens is 223 g/mol. The molecule has 0 bridgehead atoms. The molecule has 0 amide bonds. The molecule has 0 aliphatic rings. The van der Waals surface area contributed by atoms with Gasteiger partial charge in [-0.05, 0) is 6.42 Å². The average molecular weight is 238 g/mol. The highest BCUT2D eigenvalue weighted by Crippen LogP contribution is 2.31. The van der Waals surface area contributed by atoms with Gasteiger partial charge in [-0.3, -0.25) is 0 Å². The van der Waals surface area contributed by atoms with Crippen LogP contribution in [-0.2, 0) is 7.05 Å². The summed E-state index contributed by atoms with van der Waals surface area (Å²) in [5, 5.41) is 4.57. The maximum absolute atomic E-state index is 13.9. The lowest BCUT2D eigenvalue weighted by atomic mass is 10.1. The van der Waals surface area contributed by atoms with E-state index in [1.165, 1.54) is 4.68 Å². The van der Waals surface area contributed by atoms with E-state index in [9.17, 15) is 4.39 Å². The van der Waals surface area contributed by atoms with E-state index in [0.717, 1.165) is 6.42 Å². The zero-order valence-electron chi connectivity index (χ0n) is 9.81. The zero-order chi connectivity index (χ0) is 12.6. The van der Waals surface area contributed by atoms with Crippen molar-refractivity contribution in [2.75, 3.05) is 11.5 Å². The Hall–Kier alpha value is -1.92. The predicted molar refractivity (Wildman–Crippen MR) is 63.9 cm³/mol. The van der Waals surface area contributed by atoms with Gasteiger partial charge in [0.15, 0.2) is 5.65 Å². The number of nitrogens with zero attached hydrogens (tertiary/aromatic N) is 4. The van der Waals surface area contributed by atoms with Gasteiger partial charge in [0, 0.05) is 7.05 Å². The van der Waals surface area contributed by atoms with Crippen LogP contribution >= 0.6 is 0 Å². The normalized spacial score (nSPS) is 13.1. The van der Waals surface area contributed by atoms with Gasteiger partial charge in [0.25, 0.3) is 0 Å². The summed E-state index contributed by atoms with van der Waals surface area (Å²) in [6, 6.07) is 0. The Kier molecular flexibility index (Phi) is 2.83. The van der Waals surface area contributed by atoms with Gasteiger partial charge in [0.2, 0.25) is 5.95 Å². The van der Waals surface area contributed by atoms with Gasteiger partial charge in [0.1, 0.15) is 17.7 Å². The van der Waals surface area contributed by atoms with Crippen molar-refractivity contribution in [3.63, 3.8) is 0 Å². The van der Waals surface area contributed by atoms with Crippen LogP contribution < -0.4 is 11.5 Å². The third-order valence-electron chi connectivity index (χ3n) is 2.59. The lowest BCUT2D eigenvalue weighted by molar-refractivity contribution is 0.313. The van der Waals surface area contributed by atoms with E-state index >= 15 is 0 Å². The molecule has 17 heavy (non-hydrogen) atoms. The Morgan fingerprint density at radius 3 is 2.71 bits per heavy atom. The maximum Gasteiger partial charge on any atom is 0.224 e. The number of anilines is 2. The van der Waals surface area contributed by atoms with Crippen LogP contribution in [0.2, 0.25) is 0 Å². The van der Waals surface area contributed by atoms with Gasteiger partial charge in [-0.15, -0.1) is 0 Å². The minimum absolute atomic E-state index is 0.0652. The monoisotopic (exact) mass is 238 g/mol. The van der Waals surface area contributed by atoms with Crippen LogP contribution in [0.25, 0.3) is 11.0 Å². The van der Waals surface area contributed by atoms with Crippen molar-refractivity contribution < 1.29 is 4.39 Å². The minimum atomic E-state index is -1.15. The SMILES string of the molecule is CCCC(F)c1nn(C)c2nc(N)nc(N)c12. The molecule has 2 aromatic heterocycles. The number of nitrogens with two attached hydrogens (primary N) is 2. The largest absolute Gasteiger partial charge is 0.383 e. The summed E-state index contributed by atoms with van der Waals surface area (Å²) >= 11 is 0. The number of nitrogen functional groups attached to an aromatic ring is 2. The molecular formula is C10H15FN6. The van der Waals surface area contributed by atoms with Gasteiger partial charge in [-0.2, -0.15) is 15.1 Å². The highest BCUT2D eigenvalue weighted by atomic mass is 19.1. The molecule has 92 valence electrons. The highest BCUT2D eigenvalue weighted by Gasteiger charge is 2.21. The first kappa shape index (κ1) is 11.6. The molecule has 0 radical (unpaired) electrons. The van der Waals surface area contributed by atoms with E-state index < -0.39 is 6.17 Å². The number of halogens is 1. The molecule has 0 saturated heterocycles. The van der Waals surface area contributed by atoms with E-state index in [0.29, 0.717) is 23.1 Å². The molecule has 0 fully saturated rings. The Balaban J connectivity index is 2.65. The van der Waals surface area contributed by atoms with Gasteiger partial charge in [-0.25, -0.2) is 9.07 Å². The highest BCUT2D eigenvalue weighted by molar-refractivity contribution is 5.89. The lowest BCUT2D eigenvalue weighted by Gasteiger charge is -2.04. The quantitative estimate of drug-likeness (QED) is 0.841. The van der Waals surface area contributed by atoms with Crippen molar-refractivity contribution in [1.29, 1.82) is 0 Å². The molecule has 4 N–H and O–H groups in total. The van der Waals surface area contributed by atoms with E-state index in [-0.39, 0.29) is 11.8 Å². The fraction of sp³-hybridized carbons (Fsp3) is 0.500. The van der Waals surface area contributed by atoms with E-state index in [2.05, 4.69) is 15.1 Å². The smallest absolute Gasteiger partial charge is 0.224 e. The molecule has 0 spiro atoms. The second-order valence-electron chi connectivity index (χ2n) is 3.93. The molecule has 6 nitrogen and oxygen atoms in total. The van der Waals surface area contributed by atoms with Gasteiger partial charge in [-0.1, -0.05) is 13.3 Å². The average Bonchev–Trinajstić information content (AvgIpc) is 2.57. The number of hydrogen-bond donors (Lipinski definition) is 2. The van der Waals surface area contributed by atoms with Crippen molar-refractivity contribution in [3.05, 3.63) is 5.69 Å². The first-order valence-electron chi connectivity index (χ1n) is 5.44. The zero-order valence-corrected chi connectivity index (χ0v) is 9.81. The molecule has 0 saturated carbocycles. The van der Waals surface area contributed by atoms with Crippen molar-refractivity contribution in [1.82, 2.24) is 19.7 Å². The number of rotatable bonds is 3. The molecule has 2 heterocycles. The summed E-state index contributed by atoms with van der Waals surface area (Å²) in [7, 11) is 1.68. The second kappa shape index (κ2) is 4.15. The topological polar surface area (TPSA) is 95.6 Å². The molecule has 1 atom stereocenters. The summed E-state index contributed by atoms with van der Waals surface area (Å²) in [6.07, 6.45) is -0.0246. The predicted octanol–water partition coefficient (Wildman–Crippen LogP) is 1.34. The number of aromatic nitrogens is 4. The van der Waals surface area contributed by atoms with Gasteiger partial charge >= 0.3 is 0 Å². The van der Waals surface area contributed by atoms with Crippen LogP contribution in [0.4, 0.5) is 16.2 Å². The van der Waals surface area contributed by atoms with Crippen LogP contribution in [0, 0.1) is 0 Å². The fourth-order valence-electron chi connectivity index (χ4n) is 1.83. The fourth-order valence-corrected chi connectivity index (χ4v) is 1.83. The molecule has 7 heteroatoms. The lowest BCUT2D eigenvalue weighted by Crippen LogP contribution is -2.02. The van der Waals surface area contributed by atoms with Crippen molar-refractivity contribution in [2.24, 2.45) is 7.05 Å². The van der Waals surface area contributed by atoms with Gasteiger partial charge in [0.05, 0.1) is 5.39 Å². The van der Waals surface area contributed by atoms with E-state index in [4.69, 9.17) is 11.5 Å². The summed E-state index contributed by atoms with van der Waals surface area (Å²) in [4.78, 5) is 7.86. The van der Waals surface area contributed by atoms with Crippen LogP contribution in [0.3, 0.4) is 0 Å². The van der Waals surface area contributed by atoms with Crippen LogP contribution in [0.5, 0.6) is 0 Å². The molecule has 1 unspecified atom stereocenters. The molecule has 2 aromatic rings. The van der Waals surface area contributed by atoms with Gasteiger partial charge < -0.3 is 11.5 Å². The third-order valence-corrected chi connectivity index (χ3v) is 2.59. The summed E-state index contributed by atoms with van der Waals surface area (Å²) in [6.45, 7) is 1.91. The summed E-state index contributed by atoms with van der Waals surface area (Å²) in [5.41, 5.74) is 12.0. The standard InChI is InChI=1S/C10H15FN6/c1-3-4-5(11)7-6-8(12)14-10(13)15-9(6)17(2)16-7/h5H,3-4H2,1-2H3,(H4,12,13,14,15). The van der Waals surface area contributed by atoms with E-state index in [1.807, 2.05) is 6.92 Å². The number of hydrogen-bond acceptors (Lipinski definition) is 5. The van der Waals surface area contributed by atoms with E-state index in [1.54, 1.807) is 7.05 Å². The molecule has 0 aromatic carbocycles. The summed E-state index contributed by atoms with van der Waals surface area (Å²) < 4.78 is 15.4. The Morgan fingerprint density at radius 1 is 1.35 bits per heavy atom. The Bertz CT molecular complexity index is 549. The maximum atomic E-state index is 13.9. The molecule has 2 rings (SSSR count). The van der Waals surface area contributed by atoms with Crippen LogP contribution in [-0.4, -0.2) is 19.7 Å². The van der Waals surface area contributed by atoms with Crippen LogP contribution in [0.1, 0.15) is 31.6 Å². The van der Waals surface area contributed by atoms with Crippen LogP contribution in [0.15, 0.2) is 0 Å². The number of aryl methyl sites for hydroxylation is 1.